The fraction of sp³-hybridized carbons (Fsp3) is 0.375. The lowest BCUT2D eigenvalue weighted by atomic mass is 9.90. The van der Waals surface area contributed by atoms with E-state index in [0.717, 1.165) is 11.1 Å². The van der Waals surface area contributed by atoms with Crippen LogP contribution in [-0.4, -0.2) is 67.7 Å². The van der Waals surface area contributed by atoms with E-state index < -0.39 is 24.0 Å². The van der Waals surface area contributed by atoms with Crippen molar-refractivity contribution in [1.29, 1.82) is 0 Å². The molecule has 0 spiro atoms. The van der Waals surface area contributed by atoms with Gasteiger partial charge in [-0.1, -0.05) is 42.5 Å². The molecule has 2 saturated heterocycles. The van der Waals surface area contributed by atoms with E-state index in [4.69, 9.17) is 14.3 Å². The zero-order valence-electron chi connectivity index (χ0n) is 18.6. The number of ether oxygens (including phenoxy) is 2. The predicted octanol–water partition coefficient (Wildman–Crippen LogP) is 1.30. The van der Waals surface area contributed by atoms with Gasteiger partial charge in [-0.15, -0.1) is 0 Å². The van der Waals surface area contributed by atoms with Crippen molar-refractivity contribution < 1.29 is 28.7 Å². The smallest absolute Gasteiger partial charge is 0.261 e. The van der Waals surface area contributed by atoms with Gasteiger partial charge in [0.1, 0.15) is 12.3 Å². The van der Waals surface area contributed by atoms with Crippen molar-refractivity contribution in [3.05, 3.63) is 65.7 Å². The SMILES string of the molecule is COCCNC(=O)CN1OC2C(=O)N(Cc3ccccc3)C(=O)C2C1c1cccc(OC)c1. The number of rotatable bonds is 9. The van der Waals surface area contributed by atoms with Crippen LogP contribution < -0.4 is 10.1 Å². The minimum Gasteiger partial charge on any atom is -0.497 e. The molecular weight excluding hydrogens is 426 g/mol. The summed E-state index contributed by atoms with van der Waals surface area (Å²) >= 11 is 0. The van der Waals surface area contributed by atoms with Crippen molar-refractivity contribution in [1.82, 2.24) is 15.3 Å². The van der Waals surface area contributed by atoms with E-state index in [1.165, 1.54) is 9.96 Å². The molecule has 3 amide bonds. The van der Waals surface area contributed by atoms with Crippen molar-refractivity contribution in [2.45, 2.75) is 18.7 Å². The molecule has 9 nitrogen and oxygen atoms in total. The van der Waals surface area contributed by atoms with Crippen LogP contribution in [0.4, 0.5) is 0 Å². The van der Waals surface area contributed by atoms with Crippen LogP contribution in [0.1, 0.15) is 17.2 Å². The quantitative estimate of drug-likeness (QED) is 0.452. The number of imide groups is 1. The summed E-state index contributed by atoms with van der Waals surface area (Å²) in [4.78, 5) is 46.2. The van der Waals surface area contributed by atoms with Gasteiger partial charge in [-0.3, -0.25) is 24.1 Å². The van der Waals surface area contributed by atoms with Crippen LogP contribution >= 0.6 is 0 Å². The van der Waals surface area contributed by atoms with Gasteiger partial charge < -0.3 is 14.8 Å². The third kappa shape index (κ3) is 4.75. The minimum atomic E-state index is -0.982. The number of benzene rings is 2. The lowest BCUT2D eigenvalue weighted by Crippen LogP contribution is -2.41. The second-order valence-electron chi connectivity index (χ2n) is 7.94. The molecule has 0 radical (unpaired) electrons. The Labute approximate surface area is 192 Å². The van der Waals surface area contributed by atoms with Crippen LogP contribution in [0.3, 0.4) is 0 Å². The van der Waals surface area contributed by atoms with E-state index in [1.807, 2.05) is 36.4 Å². The second kappa shape index (κ2) is 10.1. The summed E-state index contributed by atoms with van der Waals surface area (Å²) in [5.74, 6) is -1.16. The maximum atomic E-state index is 13.4. The van der Waals surface area contributed by atoms with Crippen molar-refractivity contribution >= 4 is 17.7 Å². The van der Waals surface area contributed by atoms with E-state index in [2.05, 4.69) is 5.32 Å². The van der Waals surface area contributed by atoms with E-state index in [-0.39, 0.29) is 24.9 Å². The minimum absolute atomic E-state index is 0.127. The highest BCUT2D eigenvalue weighted by molar-refractivity contribution is 6.07. The molecule has 33 heavy (non-hydrogen) atoms. The standard InChI is InChI=1S/C24H27N3O6/c1-31-12-11-25-19(28)15-27-21(17-9-6-10-18(13-17)32-2)20-22(33-27)24(30)26(23(20)29)14-16-7-4-3-5-8-16/h3-10,13,20-22H,11-12,14-15H2,1-2H3,(H,25,28). The number of hydroxylamine groups is 2. The topological polar surface area (TPSA) is 97.4 Å². The molecule has 4 rings (SSSR count). The van der Waals surface area contributed by atoms with Crippen molar-refractivity contribution in [3.8, 4) is 5.75 Å². The number of methoxy groups -OCH3 is 2. The highest BCUT2D eigenvalue weighted by Gasteiger charge is 2.59. The molecule has 3 unspecified atom stereocenters. The van der Waals surface area contributed by atoms with Gasteiger partial charge in [0.15, 0.2) is 6.10 Å². The molecule has 9 heteroatoms. The van der Waals surface area contributed by atoms with Crippen molar-refractivity contribution in [2.75, 3.05) is 33.9 Å². The second-order valence-corrected chi connectivity index (χ2v) is 7.94. The normalized spacial score (nSPS) is 22.5. The van der Waals surface area contributed by atoms with Gasteiger partial charge in [0.05, 0.1) is 32.2 Å². The number of hydrogen-bond donors (Lipinski definition) is 1. The lowest BCUT2D eigenvalue weighted by Gasteiger charge is -2.27. The molecule has 0 saturated carbocycles. The first kappa shape index (κ1) is 22.9. The fourth-order valence-electron chi connectivity index (χ4n) is 4.27. The molecule has 2 aromatic carbocycles. The number of nitrogens with zero attached hydrogens (tertiary/aromatic N) is 2. The predicted molar refractivity (Wildman–Crippen MR) is 118 cm³/mol. The highest BCUT2D eigenvalue weighted by Crippen LogP contribution is 2.45. The highest BCUT2D eigenvalue weighted by atomic mass is 16.7. The summed E-state index contributed by atoms with van der Waals surface area (Å²) in [6.45, 7) is 0.778. The Hall–Kier alpha value is -3.27. The van der Waals surface area contributed by atoms with Crippen LogP contribution in [0.2, 0.25) is 0 Å². The largest absolute Gasteiger partial charge is 0.497 e. The zero-order chi connectivity index (χ0) is 23.4. The fourth-order valence-corrected chi connectivity index (χ4v) is 4.27. The summed E-state index contributed by atoms with van der Waals surface area (Å²) in [5, 5.41) is 4.18. The lowest BCUT2D eigenvalue weighted by molar-refractivity contribution is -0.182. The molecule has 1 N–H and O–H groups in total. The van der Waals surface area contributed by atoms with Gasteiger partial charge in [-0.2, -0.15) is 5.06 Å². The average Bonchev–Trinajstić information content (AvgIpc) is 3.30. The summed E-state index contributed by atoms with van der Waals surface area (Å²) in [5.41, 5.74) is 1.58. The Balaban J connectivity index is 1.60. The van der Waals surface area contributed by atoms with E-state index in [9.17, 15) is 14.4 Å². The number of carbonyl (C=O) groups is 3. The molecule has 2 aliphatic heterocycles. The Bertz CT molecular complexity index is 1010. The van der Waals surface area contributed by atoms with Gasteiger partial charge in [0, 0.05) is 13.7 Å². The molecule has 0 aromatic heterocycles. The first-order valence-electron chi connectivity index (χ1n) is 10.8. The van der Waals surface area contributed by atoms with Crippen molar-refractivity contribution in [2.24, 2.45) is 5.92 Å². The third-order valence-corrected chi connectivity index (χ3v) is 5.83. The van der Waals surface area contributed by atoms with Gasteiger partial charge in [0.25, 0.3) is 5.91 Å². The number of amides is 3. The Morgan fingerprint density at radius 1 is 1.06 bits per heavy atom. The summed E-state index contributed by atoms with van der Waals surface area (Å²) in [6.07, 6.45) is -0.982. The van der Waals surface area contributed by atoms with Gasteiger partial charge in [-0.25, -0.2) is 0 Å². The summed E-state index contributed by atoms with van der Waals surface area (Å²) < 4.78 is 10.3. The number of likely N-dealkylation sites (tertiary alicyclic amines) is 1. The number of fused-ring (bicyclic) bond motifs is 1. The summed E-state index contributed by atoms with van der Waals surface area (Å²) in [7, 11) is 3.11. The molecule has 2 aromatic rings. The molecule has 3 atom stereocenters. The van der Waals surface area contributed by atoms with E-state index in [0.29, 0.717) is 18.9 Å². The van der Waals surface area contributed by atoms with Crippen molar-refractivity contribution in [3.63, 3.8) is 0 Å². The first-order valence-corrected chi connectivity index (χ1v) is 10.8. The van der Waals surface area contributed by atoms with Gasteiger partial charge >= 0.3 is 0 Å². The number of hydrogen-bond acceptors (Lipinski definition) is 7. The summed E-state index contributed by atoms with van der Waals surface area (Å²) in [6, 6.07) is 16.0. The molecule has 0 bridgehead atoms. The number of carbonyl (C=O) groups excluding carboxylic acids is 3. The third-order valence-electron chi connectivity index (χ3n) is 5.83. The monoisotopic (exact) mass is 453 g/mol. The number of nitrogens with one attached hydrogen (secondary N) is 1. The Morgan fingerprint density at radius 3 is 2.58 bits per heavy atom. The Kier molecular flexibility index (Phi) is 7.02. The van der Waals surface area contributed by atoms with Crippen LogP contribution in [0.25, 0.3) is 0 Å². The maximum Gasteiger partial charge on any atom is 0.261 e. The van der Waals surface area contributed by atoms with Crippen LogP contribution in [0.15, 0.2) is 54.6 Å². The first-order chi connectivity index (χ1) is 16.0. The molecule has 2 fully saturated rings. The van der Waals surface area contributed by atoms with E-state index >= 15 is 0 Å². The molecule has 2 aliphatic rings. The molecule has 0 aliphatic carbocycles. The molecular formula is C24H27N3O6. The Morgan fingerprint density at radius 2 is 1.85 bits per heavy atom. The van der Waals surface area contributed by atoms with Crippen LogP contribution in [0.5, 0.6) is 5.75 Å². The zero-order valence-corrected chi connectivity index (χ0v) is 18.6. The van der Waals surface area contributed by atoms with Gasteiger partial charge in [0.2, 0.25) is 11.8 Å². The van der Waals surface area contributed by atoms with Gasteiger partial charge in [-0.05, 0) is 23.3 Å². The van der Waals surface area contributed by atoms with Crippen LogP contribution in [-0.2, 0) is 30.5 Å². The molecule has 174 valence electrons. The van der Waals surface area contributed by atoms with E-state index in [1.54, 1.807) is 32.4 Å². The molecule has 2 heterocycles. The average molecular weight is 453 g/mol. The maximum absolute atomic E-state index is 13.4. The van der Waals surface area contributed by atoms with Crippen LogP contribution in [0, 0.1) is 5.92 Å².